The van der Waals surface area contributed by atoms with Crippen LogP contribution < -0.4 is 14.8 Å². The number of nitrogens with one attached hydrogen (secondary N) is 3. The number of ether oxygens (including phenoxy) is 2. The highest BCUT2D eigenvalue weighted by atomic mass is 19.1. The van der Waals surface area contributed by atoms with E-state index in [4.69, 9.17) is 9.47 Å². The van der Waals surface area contributed by atoms with Crippen LogP contribution in [0.15, 0.2) is 67.3 Å². The predicted octanol–water partition coefficient (Wildman–Crippen LogP) is 5.44. The number of aromatic amines is 2. The maximum atomic E-state index is 14.7. The second kappa shape index (κ2) is 12.0. The molecular weight excluding hydrogens is 559 g/mol. The molecule has 5 aromatic heterocycles. The van der Waals surface area contributed by atoms with E-state index >= 15 is 0 Å². The summed E-state index contributed by atoms with van der Waals surface area (Å²) >= 11 is 0. The summed E-state index contributed by atoms with van der Waals surface area (Å²) in [6.07, 6.45) is 9.23. The number of nitrogens with zero attached hydrogens (tertiary/aromatic N) is 5. The molecule has 6 heterocycles. The van der Waals surface area contributed by atoms with Gasteiger partial charge >= 0.3 is 0 Å². The van der Waals surface area contributed by atoms with Crippen molar-refractivity contribution in [2.45, 2.75) is 18.9 Å². The fourth-order valence-corrected chi connectivity index (χ4v) is 5.55. The second-order valence-electron chi connectivity index (χ2n) is 11.3. The van der Waals surface area contributed by atoms with Gasteiger partial charge in [-0.05, 0) is 76.4 Å². The van der Waals surface area contributed by atoms with Crippen LogP contribution in [0.2, 0.25) is 0 Å². The third kappa shape index (κ3) is 5.84. The average molecular weight is 593 g/mol. The molecule has 11 heteroatoms. The number of piperidine rings is 1. The zero-order valence-corrected chi connectivity index (χ0v) is 24.6. The number of aromatic nitrogens is 6. The van der Waals surface area contributed by atoms with Gasteiger partial charge in [0, 0.05) is 64.2 Å². The summed E-state index contributed by atoms with van der Waals surface area (Å²) in [5.41, 5.74) is 6.14. The van der Waals surface area contributed by atoms with Gasteiger partial charge in [0.05, 0.1) is 17.6 Å². The summed E-state index contributed by atoms with van der Waals surface area (Å²) in [5.74, 6) is 0.836. The van der Waals surface area contributed by atoms with Crippen molar-refractivity contribution >= 4 is 21.9 Å². The molecule has 0 bridgehead atoms. The maximum Gasteiger partial charge on any atom is 0.155 e. The number of benzene rings is 1. The first-order valence-corrected chi connectivity index (χ1v) is 14.7. The monoisotopic (exact) mass is 592 g/mol. The quantitative estimate of drug-likeness (QED) is 0.203. The number of likely N-dealkylation sites (N-methyl/N-ethyl adjacent to an activating group) is 1. The molecule has 0 atom stereocenters. The van der Waals surface area contributed by atoms with Crippen molar-refractivity contribution in [2.75, 3.05) is 40.3 Å². The van der Waals surface area contributed by atoms with Crippen molar-refractivity contribution in [1.82, 2.24) is 40.3 Å². The molecule has 44 heavy (non-hydrogen) atoms. The van der Waals surface area contributed by atoms with Crippen LogP contribution in [0.25, 0.3) is 55.7 Å². The molecule has 0 spiro atoms. The van der Waals surface area contributed by atoms with Gasteiger partial charge in [0.2, 0.25) is 0 Å². The summed E-state index contributed by atoms with van der Waals surface area (Å²) in [7, 11) is 3.93. The Morgan fingerprint density at radius 2 is 1.73 bits per heavy atom. The van der Waals surface area contributed by atoms with Gasteiger partial charge in [-0.2, -0.15) is 5.10 Å². The standard InChI is InChI=1S/C33H33FN8O2/c1-42(2)9-10-43-25-12-20(11-23(34)15-25)31-27-16-30(39-29(27)5-8-37-31)32-28-14-22(18-38-33(28)41-40-32)21-13-26(19-36-17-21)44-24-3-6-35-7-4-24/h5,8,11-19,24,35,39H,3-4,6-7,9-10H2,1-2H3,(H,38,40,41). The Bertz CT molecular complexity index is 1930. The lowest BCUT2D eigenvalue weighted by Crippen LogP contribution is -2.34. The summed E-state index contributed by atoms with van der Waals surface area (Å²) in [6, 6.07) is 12.7. The molecular formula is C33H33FN8O2. The molecule has 224 valence electrons. The second-order valence-corrected chi connectivity index (χ2v) is 11.3. The van der Waals surface area contributed by atoms with Crippen LogP contribution >= 0.6 is 0 Å². The molecule has 0 saturated carbocycles. The molecule has 0 amide bonds. The Kier molecular flexibility index (Phi) is 7.63. The third-order valence-corrected chi connectivity index (χ3v) is 7.81. The van der Waals surface area contributed by atoms with Gasteiger partial charge in [-0.3, -0.25) is 15.1 Å². The van der Waals surface area contributed by atoms with E-state index in [1.54, 1.807) is 12.4 Å². The molecule has 0 radical (unpaired) electrons. The maximum absolute atomic E-state index is 14.7. The van der Waals surface area contributed by atoms with Crippen molar-refractivity contribution in [3.63, 3.8) is 0 Å². The normalized spacial score (nSPS) is 14.1. The number of fused-ring (bicyclic) bond motifs is 2. The van der Waals surface area contributed by atoms with Gasteiger partial charge in [-0.1, -0.05) is 0 Å². The molecule has 3 N–H and O–H groups in total. The number of hydrogen-bond acceptors (Lipinski definition) is 8. The van der Waals surface area contributed by atoms with Crippen LogP contribution in [-0.4, -0.2) is 81.5 Å². The highest BCUT2D eigenvalue weighted by molar-refractivity contribution is 6.00. The Balaban J connectivity index is 1.21. The molecule has 0 unspecified atom stereocenters. The van der Waals surface area contributed by atoms with Crippen LogP contribution in [-0.2, 0) is 0 Å². The smallest absolute Gasteiger partial charge is 0.155 e. The molecule has 0 aliphatic carbocycles. The fraction of sp³-hybridized carbons (Fsp3) is 0.273. The summed E-state index contributed by atoms with van der Waals surface area (Å²) in [5, 5.41) is 12.7. The summed E-state index contributed by atoms with van der Waals surface area (Å²) in [6.45, 7) is 3.10. The Morgan fingerprint density at radius 1 is 0.886 bits per heavy atom. The molecule has 1 fully saturated rings. The Hall–Kier alpha value is -4.87. The summed E-state index contributed by atoms with van der Waals surface area (Å²) in [4.78, 5) is 19.2. The van der Waals surface area contributed by atoms with Crippen molar-refractivity contribution < 1.29 is 13.9 Å². The minimum atomic E-state index is -0.381. The van der Waals surface area contributed by atoms with E-state index in [0.717, 1.165) is 77.0 Å². The molecule has 7 rings (SSSR count). The zero-order chi connectivity index (χ0) is 30.0. The third-order valence-electron chi connectivity index (χ3n) is 7.81. The lowest BCUT2D eigenvalue weighted by atomic mass is 10.1. The van der Waals surface area contributed by atoms with Crippen LogP contribution in [0.5, 0.6) is 11.5 Å². The SMILES string of the molecule is CN(C)CCOc1cc(F)cc(-c2nccc3[nH]c(-c4n[nH]c5ncc(-c6cncc(OC7CCNCC7)c6)cc45)cc23)c1. The van der Waals surface area contributed by atoms with Crippen molar-refractivity contribution in [2.24, 2.45) is 0 Å². The lowest BCUT2D eigenvalue weighted by molar-refractivity contribution is 0.162. The van der Waals surface area contributed by atoms with Gasteiger partial charge in [0.1, 0.15) is 35.7 Å². The van der Waals surface area contributed by atoms with Crippen molar-refractivity contribution in [1.29, 1.82) is 0 Å². The zero-order valence-electron chi connectivity index (χ0n) is 24.6. The van der Waals surface area contributed by atoms with E-state index < -0.39 is 0 Å². The van der Waals surface area contributed by atoms with Gasteiger partial charge in [-0.15, -0.1) is 0 Å². The van der Waals surface area contributed by atoms with E-state index in [-0.39, 0.29) is 11.9 Å². The topological polar surface area (TPSA) is 117 Å². The number of rotatable bonds is 9. The minimum Gasteiger partial charge on any atom is -0.492 e. The molecule has 1 aliphatic rings. The first kappa shape index (κ1) is 27.9. The molecule has 1 aromatic carbocycles. The molecule has 1 saturated heterocycles. The van der Waals surface area contributed by atoms with E-state index in [9.17, 15) is 4.39 Å². The van der Waals surface area contributed by atoms with Crippen LogP contribution in [0, 0.1) is 5.82 Å². The fourth-order valence-electron chi connectivity index (χ4n) is 5.55. The van der Waals surface area contributed by atoms with Crippen LogP contribution in [0.4, 0.5) is 4.39 Å². The van der Waals surface area contributed by atoms with E-state index in [1.165, 1.54) is 12.1 Å². The highest BCUT2D eigenvalue weighted by Crippen LogP contribution is 2.35. The molecule has 1 aliphatic heterocycles. The predicted molar refractivity (Wildman–Crippen MR) is 168 cm³/mol. The Labute approximate surface area is 253 Å². The Morgan fingerprint density at radius 3 is 2.59 bits per heavy atom. The van der Waals surface area contributed by atoms with Gasteiger partial charge in [-0.25, -0.2) is 9.37 Å². The highest BCUT2D eigenvalue weighted by Gasteiger charge is 2.18. The first-order chi connectivity index (χ1) is 21.5. The molecule has 10 nitrogen and oxygen atoms in total. The number of hydrogen-bond donors (Lipinski definition) is 3. The number of halogens is 1. The van der Waals surface area contributed by atoms with Crippen LogP contribution in [0.3, 0.4) is 0 Å². The number of H-pyrrole nitrogens is 2. The van der Waals surface area contributed by atoms with Crippen LogP contribution in [0.1, 0.15) is 12.8 Å². The number of pyridine rings is 3. The van der Waals surface area contributed by atoms with Gasteiger partial charge < -0.3 is 24.7 Å². The minimum absolute atomic E-state index is 0.186. The van der Waals surface area contributed by atoms with E-state index in [0.29, 0.717) is 29.3 Å². The van der Waals surface area contributed by atoms with Crippen molar-refractivity contribution in [3.05, 3.63) is 73.1 Å². The molecule has 6 aromatic rings. The van der Waals surface area contributed by atoms with Crippen molar-refractivity contribution in [3.8, 4) is 45.3 Å². The van der Waals surface area contributed by atoms with Gasteiger partial charge in [0.25, 0.3) is 0 Å². The van der Waals surface area contributed by atoms with E-state index in [2.05, 4.69) is 41.5 Å². The largest absolute Gasteiger partial charge is 0.492 e. The van der Waals surface area contributed by atoms with Gasteiger partial charge in [0.15, 0.2) is 5.65 Å². The summed E-state index contributed by atoms with van der Waals surface area (Å²) < 4.78 is 26.7. The first-order valence-electron chi connectivity index (χ1n) is 14.7. The lowest BCUT2D eigenvalue weighted by Gasteiger charge is -2.23. The van der Waals surface area contributed by atoms with E-state index in [1.807, 2.05) is 55.7 Å². The average Bonchev–Trinajstić information content (AvgIpc) is 3.65.